The van der Waals surface area contributed by atoms with Crippen molar-refractivity contribution in [1.82, 2.24) is 4.98 Å². The third kappa shape index (κ3) is 1.40. The maximum Gasteiger partial charge on any atom is 0.271 e. The van der Waals surface area contributed by atoms with E-state index in [1.807, 2.05) is 30.3 Å². The number of pyridine rings is 1. The lowest BCUT2D eigenvalue weighted by Crippen LogP contribution is -1.94. The van der Waals surface area contributed by atoms with E-state index in [-0.39, 0.29) is 0 Å². The van der Waals surface area contributed by atoms with E-state index in [0.717, 1.165) is 10.8 Å². The summed E-state index contributed by atoms with van der Waals surface area (Å²) < 4.78 is 0. The molecule has 0 unspecified atom stereocenters. The van der Waals surface area contributed by atoms with Crippen LogP contribution in [0.25, 0.3) is 10.8 Å². The van der Waals surface area contributed by atoms with Crippen molar-refractivity contribution in [2.75, 3.05) is 0 Å². The highest BCUT2D eigenvalue weighted by Gasteiger charge is 2.07. The fraction of sp³-hybridized carbons (Fsp3) is 0. The molecular weight excluding hydrogens is 186 g/mol. The fourth-order valence-electron chi connectivity index (χ4n) is 1.28. The number of benzene rings is 1. The van der Waals surface area contributed by atoms with Gasteiger partial charge in [0.1, 0.15) is 5.69 Å². The topological polar surface area (TPSA) is 30.0 Å². The third-order valence-electron chi connectivity index (χ3n) is 1.86. The molecule has 0 atom stereocenters. The van der Waals surface area contributed by atoms with E-state index in [1.165, 1.54) is 0 Å². The van der Waals surface area contributed by atoms with Crippen LogP contribution in [0.1, 0.15) is 10.5 Å². The standard InChI is InChI=1S/C10H6ClNO/c11-10(13)9-8-4-2-1-3-7(8)5-6-12-9/h1-6H. The number of aromatic nitrogens is 1. The van der Waals surface area contributed by atoms with Crippen molar-refractivity contribution < 1.29 is 4.79 Å². The van der Waals surface area contributed by atoms with E-state index in [9.17, 15) is 4.79 Å². The van der Waals surface area contributed by atoms with Crippen LogP contribution in [0.4, 0.5) is 0 Å². The molecule has 1 aromatic carbocycles. The van der Waals surface area contributed by atoms with Crippen molar-refractivity contribution in [2.45, 2.75) is 0 Å². The summed E-state index contributed by atoms with van der Waals surface area (Å²) in [7, 11) is 0. The van der Waals surface area contributed by atoms with Crippen LogP contribution >= 0.6 is 11.6 Å². The van der Waals surface area contributed by atoms with Crippen LogP contribution in [0, 0.1) is 0 Å². The van der Waals surface area contributed by atoms with E-state index in [1.54, 1.807) is 6.20 Å². The van der Waals surface area contributed by atoms with E-state index >= 15 is 0 Å². The largest absolute Gasteiger partial charge is 0.274 e. The molecule has 0 saturated carbocycles. The molecule has 0 aliphatic carbocycles. The van der Waals surface area contributed by atoms with E-state index in [2.05, 4.69) is 4.98 Å². The Kier molecular flexibility index (Phi) is 1.99. The van der Waals surface area contributed by atoms with Crippen LogP contribution in [-0.4, -0.2) is 10.2 Å². The summed E-state index contributed by atoms with van der Waals surface area (Å²) in [5.41, 5.74) is 0.319. The van der Waals surface area contributed by atoms with Gasteiger partial charge in [-0.2, -0.15) is 0 Å². The zero-order valence-electron chi connectivity index (χ0n) is 6.70. The lowest BCUT2D eigenvalue weighted by Gasteiger charge is -1.99. The van der Waals surface area contributed by atoms with Crippen molar-refractivity contribution in [1.29, 1.82) is 0 Å². The molecule has 64 valence electrons. The quantitative estimate of drug-likeness (QED) is 0.649. The van der Waals surface area contributed by atoms with Crippen molar-refractivity contribution >= 4 is 27.6 Å². The average Bonchev–Trinajstić information content (AvgIpc) is 2.17. The maximum atomic E-state index is 11.0. The first-order chi connectivity index (χ1) is 6.29. The molecule has 0 radical (unpaired) electrons. The van der Waals surface area contributed by atoms with Gasteiger partial charge < -0.3 is 0 Å². The Morgan fingerprint density at radius 3 is 2.77 bits per heavy atom. The van der Waals surface area contributed by atoms with E-state index < -0.39 is 5.24 Å². The van der Waals surface area contributed by atoms with Crippen molar-refractivity contribution in [3.63, 3.8) is 0 Å². The van der Waals surface area contributed by atoms with Gasteiger partial charge in [0.15, 0.2) is 0 Å². The van der Waals surface area contributed by atoms with Gasteiger partial charge in [-0.25, -0.2) is 0 Å². The number of carbonyl (C=O) groups excluding carboxylic acids is 1. The first kappa shape index (κ1) is 8.20. The fourth-order valence-corrected chi connectivity index (χ4v) is 1.43. The Hall–Kier alpha value is -1.41. The number of rotatable bonds is 1. The highest BCUT2D eigenvalue weighted by Crippen LogP contribution is 2.17. The van der Waals surface area contributed by atoms with Crippen molar-refractivity contribution in [3.05, 3.63) is 42.2 Å². The molecule has 1 aromatic heterocycles. The van der Waals surface area contributed by atoms with Gasteiger partial charge in [0.25, 0.3) is 5.24 Å². The highest BCUT2D eigenvalue weighted by molar-refractivity contribution is 6.68. The monoisotopic (exact) mass is 191 g/mol. The first-order valence-corrected chi connectivity index (χ1v) is 4.20. The second kappa shape index (κ2) is 3.15. The molecule has 0 aliphatic rings. The Balaban J connectivity index is 2.83. The molecule has 2 aromatic rings. The molecule has 0 spiro atoms. The minimum absolute atomic E-state index is 0.319. The lowest BCUT2D eigenvalue weighted by molar-refractivity contribution is 0.107. The number of nitrogens with zero attached hydrogens (tertiary/aromatic N) is 1. The second-order valence-electron chi connectivity index (χ2n) is 2.65. The van der Waals surface area contributed by atoms with Crippen LogP contribution in [0.3, 0.4) is 0 Å². The Bertz CT molecular complexity index is 462. The number of carbonyl (C=O) groups is 1. The minimum Gasteiger partial charge on any atom is -0.274 e. The lowest BCUT2D eigenvalue weighted by atomic mass is 10.1. The van der Waals surface area contributed by atoms with Crippen molar-refractivity contribution in [2.24, 2.45) is 0 Å². The van der Waals surface area contributed by atoms with Crippen LogP contribution in [0.2, 0.25) is 0 Å². The molecule has 2 nitrogen and oxygen atoms in total. The Morgan fingerprint density at radius 2 is 2.00 bits per heavy atom. The molecular formula is C10H6ClNO. The molecule has 13 heavy (non-hydrogen) atoms. The van der Waals surface area contributed by atoms with E-state index in [0.29, 0.717) is 5.69 Å². The number of hydrogen-bond donors (Lipinski definition) is 0. The zero-order chi connectivity index (χ0) is 9.26. The molecule has 0 saturated heterocycles. The number of fused-ring (bicyclic) bond motifs is 1. The second-order valence-corrected chi connectivity index (χ2v) is 3.00. The molecule has 2 rings (SSSR count). The summed E-state index contributed by atoms with van der Waals surface area (Å²) in [4.78, 5) is 14.9. The Morgan fingerprint density at radius 1 is 1.23 bits per heavy atom. The summed E-state index contributed by atoms with van der Waals surface area (Å²) in [5, 5.41) is 1.25. The molecule has 3 heteroatoms. The van der Waals surface area contributed by atoms with Gasteiger partial charge in [-0.15, -0.1) is 0 Å². The van der Waals surface area contributed by atoms with Crippen LogP contribution < -0.4 is 0 Å². The van der Waals surface area contributed by atoms with Crippen molar-refractivity contribution in [3.8, 4) is 0 Å². The van der Waals surface area contributed by atoms with Gasteiger partial charge in [0.2, 0.25) is 0 Å². The Labute approximate surface area is 80.2 Å². The van der Waals surface area contributed by atoms with Gasteiger partial charge in [-0.3, -0.25) is 9.78 Å². The molecule has 0 bridgehead atoms. The van der Waals surface area contributed by atoms with Gasteiger partial charge >= 0.3 is 0 Å². The molecule has 0 amide bonds. The average molecular weight is 192 g/mol. The summed E-state index contributed by atoms with van der Waals surface area (Å²) in [6, 6.07) is 9.36. The summed E-state index contributed by atoms with van der Waals surface area (Å²) >= 11 is 5.38. The molecule has 0 fully saturated rings. The summed E-state index contributed by atoms with van der Waals surface area (Å²) in [5.74, 6) is 0. The van der Waals surface area contributed by atoms with Crippen LogP contribution in [-0.2, 0) is 0 Å². The van der Waals surface area contributed by atoms with Gasteiger partial charge in [-0.1, -0.05) is 24.3 Å². The molecule has 0 aliphatic heterocycles. The third-order valence-corrected chi connectivity index (χ3v) is 2.04. The van der Waals surface area contributed by atoms with Gasteiger partial charge in [0, 0.05) is 11.6 Å². The predicted molar refractivity (Wildman–Crippen MR) is 51.9 cm³/mol. The maximum absolute atomic E-state index is 11.0. The number of halogens is 1. The van der Waals surface area contributed by atoms with Crippen LogP contribution in [0.15, 0.2) is 36.5 Å². The van der Waals surface area contributed by atoms with Gasteiger partial charge in [-0.05, 0) is 23.1 Å². The molecule has 1 heterocycles. The smallest absolute Gasteiger partial charge is 0.271 e. The van der Waals surface area contributed by atoms with Crippen LogP contribution in [0.5, 0.6) is 0 Å². The highest BCUT2D eigenvalue weighted by atomic mass is 35.5. The first-order valence-electron chi connectivity index (χ1n) is 3.82. The minimum atomic E-state index is -0.517. The summed E-state index contributed by atoms with van der Waals surface area (Å²) in [6.07, 6.45) is 1.58. The van der Waals surface area contributed by atoms with E-state index in [4.69, 9.17) is 11.6 Å². The SMILES string of the molecule is O=C(Cl)c1nccc2ccccc12. The van der Waals surface area contributed by atoms with Gasteiger partial charge in [0.05, 0.1) is 0 Å². The summed E-state index contributed by atoms with van der Waals surface area (Å²) in [6.45, 7) is 0. The predicted octanol–water partition coefficient (Wildman–Crippen LogP) is 2.61. The zero-order valence-corrected chi connectivity index (χ0v) is 7.45. The normalized spacial score (nSPS) is 10.2. The number of hydrogen-bond acceptors (Lipinski definition) is 2. The molecule has 0 N–H and O–H groups in total.